The molecule has 0 unspecified atom stereocenters. The van der Waals surface area contributed by atoms with Crippen molar-refractivity contribution < 1.29 is 24.6 Å². The number of carbonyl (C=O) groups excluding carboxylic acids is 1. The van der Waals surface area contributed by atoms with Crippen LogP contribution in [0.2, 0.25) is 0 Å². The largest absolute Gasteiger partial charge is 0.481 e. The van der Waals surface area contributed by atoms with Crippen molar-refractivity contribution in [2.75, 3.05) is 0 Å². The molecule has 0 bridgehead atoms. The minimum Gasteiger partial charge on any atom is -0.481 e. The molecule has 1 amide bonds. The summed E-state index contributed by atoms with van der Waals surface area (Å²) in [5.74, 6) is -2.18. The molecule has 0 fully saturated rings. The molecule has 0 aromatic heterocycles. The Balaban J connectivity index is 0. The van der Waals surface area contributed by atoms with Crippen molar-refractivity contribution in [3.8, 4) is 0 Å². The van der Waals surface area contributed by atoms with Crippen LogP contribution in [0.4, 0.5) is 0 Å². The lowest BCUT2D eigenvalue weighted by Gasteiger charge is -2.00. The van der Waals surface area contributed by atoms with Crippen LogP contribution in [0, 0.1) is 0 Å². The Morgan fingerprint density at radius 1 is 1.00 bits per heavy atom. The van der Waals surface area contributed by atoms with E-state index in [4.69, 9.17) is 31.3 Å². The normalized spacial score (nSPS) is 9.20. The molecule has 1 aromatic rings. The highest BCUT2D eigenvalue weighted by atomic mass is 16.4. The molecule has 7 heteroatoms. The molecule has 6 N–H and O–H groups in total. The van der Waals surface area contributed by atoms with Crippen molar-refractivity contribution in [2.24, 2.45) is 11.5 Å². The Kier molecular flexibility index (Phi) is 11.0. The number of amides is 1. The van der Waals surface area contributed by atoms with Gasteiger partial charge in [-0.1, -0.05) is 30.3 Å². The molecule has 0 aliphatic heterocycles. The van der Waals surface area contributed by atoms with Gasteiger partial charge in [-0.2, -0.15) is 0 Å². The first-order chi connectivity index (χ1) is 9.22. The van der Waals surface area contributed by atoms with E-state index in [1.165, 1.54) is 6.20 Å². The maximum absolute atomic E-state index is 10.8. The van der Waals surface area contributed by atoms with E-state index in [-0.39, 0.29) is 0 Å². The van der Waals surface area contributed by atoms with E-state index in [2.05, 4.69) is 0 Å². The zero-order chi connectivity index (χ0) is 16.1. The fourth-order valence-electron chi connectivity index (χ4n) is 0.938. The van der Waals surface area contributed by atoms with Gasteiger partial charge in [0, 0.05) is 20.0 Å². The van der Waals surface area contributed by atoms with E-state index in [0.29, 0.717) is 5.57 Å². The molecule has 20 heavy (non-hydrogen) atoms. The van der Waals surface area contributed by atoms with Crippen LogP contribution < -0.4 is 11.5 Å². The quantitative estimate of drug-likeness (QED) is 0.586. The summed E-state index contributed by atoms with van der Waals surface area (Å²) in [7, 11) is 0. The Morgan fingerprint density at radius 2 is 1.35 bits per heavy atom. The molecule has 110 valence electrons. The van der Waals surface area contributed by atoms with E-state index in [9.17, 15) is 4.79 Å². The van der Waals surface area contributed by atoms with Crippen LogP contribution in [0.3, 0.4) is 0 Å². The SMILES string of the molecule is CC(=O)O.CC(=O)O.NC=C(C(N)=O)c1ccccc1. The maximum Gasteiger partial charge on any atom is 0.300 e. The summed E-state index contributed by atoms with van der Waals surface area (Å²) in [6, 6.07) is 9.06. The molecule has 0 spiro atoms. The number of hydrogen-bond acceptors (Lipinski definition) is 4. The molecule has 0 radical (unpaired) electrons. The van der Waals surface area contributed by atoms with E-state index >= 15 is 0 Å². The van der Waals surface area contributed by atoms with Gasteiger partial charge >= 0.3 is 0 Å². The van der Waals surface area contributed by atoms with Gasteiger partial charge in [-0.25, -0.2) is 0 Å². The van der Waals surface area contributed by atoms with Crippen LogP contribution in [0.1, 0.15) is 19.4 Å². The lowest BCUT2D eigenvalue weighted by atomic mass is 10.1. The highest BCUT2D eigenvalue weighted by Crippen LogP contribution is 2.11. The van der Waals surface area contributed by atoms with Gasteiger partial charge < -0.3 is 21.7 Å². The maximum atomic E-state index is 10.8. The molecule has 0 aliphatic rings. The van der Waals surface area contributed by atoms with Gasteiger partial charge in [0.25, 0.3) is 17.8 Å². The van der Waals surface area contributed by atoms with Crippen LogP contribution >= 0.6 is 0 Å². The summed E-state index contributed by atoms with van der Waals surface area (Å²) in [6.45, 7) is 2.17. The third-order valence-electron chi connectivity index (χ3n) is 1.52. The first-order valence-electron chi connectivity index (χ1n) is 5.38. The standard InChI is InChI=1S/C9H10N2O.2C2H4O2/c10-6-8(9(11)12)7-4-2-1-3-5-7;2*1-2(3)4/h1-6H,10H2,(H2,11,12);2*1H3,(H,3,4). The molecule has 1 aromatic carbocycles. The molecule has 0 aliphatic carbocycles. The third kappa shape index (κ3) is 13.2. The zero-order valence-corrected chi connectivity index (χ0v) is 11.2. The van der Waals surface area contributed by atoms with Crippen molar-refractivity contribution >= 4 is 23.4 Å². The number of nitrogens with two attached hydrogens (primary N) is 2. The molecule has 7 nitrogen and oxygen atoms in total. The van der Waals surface area contributed by atoms with E-state index in [1.54, 1.807) is 12.1 Å². The van der Waals surface area contributed by atoms with Gasteiger partial charge in [0.15, 0.2) is 0 Å². The van der Waals surface area contributed by atoms with Crippen LogP contribution in [-0.2, 0) is 14.4 Å². The van der Waals surface area contributed by atoms with Crippen molar-refractivity contribution in [3.05, 3.63) is 42.1 Å². The van der Waals surface area contributed by atoms with Gasteiger partial charge in [0.05, 0.1) is 5.57 Å². The lowest BCUT2D eigenvalue weighted by Crippen LogP contribution is -2.14. The lowest BCUT2D eigenvalue weighted by molar-refractivity contribution is -0.135. The molecular formula is C13H18N2O5. The Labute approximate surface area is 116 Å². The summed E-state index contributed by atoms with van der Waals surface area (Å²) in [4.78, 5) is 28.8. The Morgan fingerprint density at radius 3 is 1.60 bits per heavy atom. The number of carboxylic acids is 2. The number of carboxylic acid groups (broad SMARTS) is 2. The van der Waals surface area contributed by atoms with Gasteiger partial charge in [-0.05, 0) is 5.56 Å². The predicted octanol–water partition coefficient (Wildman–Crippen LogP) is 0.653. The number of aliphatic carboxylic acids is 2. The summed E-state index contributed by atoms with van der Waals surface area (Å²) < 4.78 is 0. The highest BCUT2D eigenvalue weighted by molar-refractivity contribution is 6.18. The molecule has 0 atom stereocenters. The molecule has 0 saturated heterocycles. The second kappa shape index (κ2) is 11.3. The van der Waals surface area contributed by atoms with Crippen LogP contribution in [-0.4, -0.2) is 28.1 Å². The average molecular weight is 282 g/mol. The smallest absolute Gasteiger partial charge is 0.300 e. The highest BCUT2D eigenvalue weighted by Gasteiger charge is 2.05. The summed E-state index contributed by atoms with van der Waals surface area (Å²) in [5.41, 5.74) is 11.4. The Bertz CT molecular complexity index is 449. The van der Waals surface area contributed by atoms with Crippen LogP contribution in [0.25, 0.3) is 5.57 Å². The molecular weight excluding hydrogens is 264 g/mol. The van der Waals surface area contributed by atoms with Crippen molar-refractivity contribution in [2.45, 2.75) is 13.8 Å². The monoisotopic (exact) mass is 282 g/mol. The fraction of sp³-hybridized carbons (Fsp3) is 0.154. The summed E-state index contributed by atoms with van der Waals surface area (Å²) in [6.07, 6.45) is 1.22. The first kappa shape index (κ1) is 19.5. The van der Waals surface area contributed by atoms with E-state index < -0.39 is 17.8 Å². The number of primary amides is 1. The third-order valence-corrected chi connectivity index (χ3v) is 1.52. The van der Waals surface area contributed by atoms with E-state index in [0.717, 1.165) is 19.4 Å². The molecule has 0 heterocycles. The minimum absolute atomic E-state index is 0.343. The fourth-order valence-corrected chi connectivity index (χ4v) is 0.938. The van der Waals surface area contributed by atoms with Crippen molar-refractivity contribution in [1.82, 2.24) is 0 Å². The van der Waals surface area contributed by atoms with Gasteiger partial charge in [-0.15, -0.1) is 0 Å². The topological polar surface area (TPSA) is 144 Å². The second-order valence-corrected chi connectivity index (χ2v) is 3.35. The summed E-state index contributed by atoms with van der Waals surface area (Å²) in [5, 5.41) is 14.8. The molecule has 0 saturated carbocycles. The van der Waals surface area contributed by atoms with Crippen molar-refractivity contribution in [1.29, 1.82) is 0 Å². The number of hydrogen-bond donors (Lipinski definition) is 4. The number of rotatable bonds is 2. The van der Waals surface area contributed by atoms with Crippen LogP contribution in [0.15, 0.2) is 36.5 Å². The molecule has 1 rings (SSSR count). The number of carbonyl (C=O) groups is 3. The van der Waals surface area contributed by atoms with Gasteiger partial charge in [-0.3, -0.25) is 14.4 Å². The second-order valence-electron chi connectivity index (χ2n) is 3.35. The van der Waals surface area contributed by atoms with Crippen molar-refractivity contribution in [3.63, 3.8) is 0 Å². The van der Waals surface area contributed by atoms with Crippen LogP contribution in [0.5, 0.6) is 0 Å². The van der Waals surface area contributed by atoms with Gasteiger partial charge in [0.1, 0.15) is 0 Å². The predicted molar refractivity (Wildman–Crippen MR) is 74.4 cm³/mol. The van der Waals surface area contributed by atoms with E-state index in [1.807, 2.05) is 18.2 Å². The zero-order valence-electron chi connectivity index (χ0n) is 11.2. The Hall–Kier alpha value is -2.83. The number of benzene rings is 1. The average Bonchev–Trinajstić information content (AvgIpc) is 2.29. The minimum atomic E-state index is -0.833. The van der Waals surface area contributed by atoms with Gasteiger partial charge in [0.2, 0.25) is 0 Å². The summed E-state index contributed by atoms with van der Waals surface area (Å²) >= 11 is 0. The first-order valence-corrected chi connectivity index (χ1v) is 5.38.